The smallest absolute Gasteiger partial charge is 0.258 e. The molecule has 1 aliphatic heterocycles. The Balaban J connectivity index is 1.96. The van der Waals surface area contributed by atoms with E-state index in [0.29, 0.717) is 11.5 Å². The molecule has 116 valence electrons. The number of imidazole rings is 1. The second-order valence-corrected chi connectivity index (χ2v) is 6.65. The van der Waals surface area contributed by atoms with Crippen LogP contribution < -0.4 is 9.64 Å². The van der Waals surface area contributed by atoms with E-state index in [0.717, 1.165) is 26.8 Å². The summed E-state index contributed by atoms with van der Waals surface area (Å²) in [7, 11) is 3.39. The highest BCUT2D eigenvalue weighted by Crippen LogP contribution is 2.38. The highest BCUT2D eigenvalue weighted by molar-refractivity contribution is 7.17. The van der Waals surface area contributed by atoms with E-state index in [9.17, 15) is 4.79 Å². The minimum absolute atomic E-state index is 0.0184. The highest BCUT2D eigenvalue weighted by Gasteiger charge is 2.30. The standard InChI is InChI=1S/C17H15N3O2S/c1-10-9-20-14(15(22-3)18-17(20)23-10)8-12-11-6-4-5-7-13(11)19(2)16(12)21/h4-9H,1-3H3. The predicted octanol–water partition coefficient (Wildman–Crippen LogP) is 3.23. The maximum atomic E-state index is 12.6. The molecule has 0 saturated carbocycles. The number of likely N-dealkylation sites (N-methyl/N-ethyl adjacent to an activating group) is 1. The van der Waals surface area contributed by atoms with Crippen molar-refractivity contribution in [1.29, 1.82) is 0 Å². The number of rotatable bonds is 2. The van der Waals surface area contributed by atoms with E-state index in [1.165, 1.54) is 0 Å². The normalized spacial score (nSPS) is 15.7. The number of anilines is 1. The third kappa shape index (κ3) is 1.98. The molecule has 4 rings (SSSR count). The van der Waals surface area contributed by atoms with E-state index in [2.05, 4.69) is 4.98 Å². The molecule has 0 aliphatic carbocycles. The fourth-order valence-electron chi connectivity index (χ4n) is 2.91. The second-order valence-electron chi connectivity index (χ2n) is 5.44. The van der Waals surface area contributed by atoms with Crippen molar-refractivity contribution in [1.82, 2.24) is 9.38 Å². The Kier molecular flexibility index (Phi) is 3.02. The average molecular weight is 325 g/mol. The van der Waals surface area contributed by atoms with Crippen molar-refractivity contribution < 1.29 is 9.53 Å². The van der Waals surface area contributed by atoms with Crippen molar-refractivity contribution in [2.75, 3.05) is 19.1 Å². The summed E-state index contributed by atoms with van der Waals surface area (Å²) in [4.78, 5) is 20.8. The van der Waals surface area contributed by atoms with Crippen LogP contribution in [0.3, 0.4) is 0 Å². The molecule has 0 radical (unpaired) electrons. The van der Waals surface area contributed by atoms with Crippen LogP contribution in [0.15, 0.2) is 30.5 Å². The van der Waals surface area contributed by atoms with Gasteiger partial charge in [0.25, 0.3) is 5.91 Å². The van der Waals surface area contributed by atoms with Gasteiger partial charge in [-0.3, -0.25) is 9.20 Å². The van der Waals surface area contributed by atoms with E-state index >= 15 is 0 Å². The van der Waals surface area contributed by atoms with Crippen LogP contribution in [-0.2, 0) is 4.79 Å². The number of thiazole rings is 1. The van der Waals surface area contributed by atoms with Gasteiger partial charge in [-0.05, 0) is 19.1 Å². The first-order valence-electron chi connectivity index (χ1n) is 7.22. The van der Waals surface area contributed by atoms with Gasteiger partial charge in [-0.2, -0.15) is 4.98 Å². The lowest BCUT2D eigenvalue weighted by Gasteiger charge is -2.07. The Labute approximate surface area is 137 Å². The maximum absolute atomic E-state index is 12.6. The van der Waals surface area contributed by atoms with Crippen molar-refractivity contribution in [2.24, 2.45) is 0 Å². The van der Waals surface area contributed by atoms with Crippen LogP contribution in [0.1, 0.15) is 16.1 Å². The van der Waals surface area contributed by atoms with Gasteiger partial charge in [0.05, 0.1) is 18.4 Å². The van der Waals surface area contributed by atoms with Gasteiger partial charge in [-0.1, -0.05) is 18.2 Å². The lowest BCUT2D eigenvalue weighted by molar-refractivity contribution is -0.112. The number of para-hydroxylation sites is 1. The first-order chi connectivity index (χ1) is 11.1. The van der Waals surface area contributed by atoms with Crippen molar-refractivity contribution in [3.8, 4) is 5.88 Å². The Hall–Kier alpha value is -2.60. The summed E-state index contributed by atoms with van der Waals surface area (Å²) >= 11 is 1.59. The molecule has 0 bridgehead atoms. The summed E-state index contributed by atoms with van der Waals surface area (Å²) < 4.78 is 7.37. The number of methoxy groups -OCH3 is 1. The van der Waals surface area contributed by atoms with Gasteiger partial charge in [0.15, 0.2) is 4.96 Å². The van der Waals surface area contributed by atoms with E-state index in [1.807, 2.05) is 47.9 Å². The quantitative estimate of drug-likeness (QED) is 0.680. The number of ether oxygens (including phenoxy) is 1. The summed E-state index contributed by atoms with van der Waals surface area (Å²) in [5.41, 5.74) is 3.31. The molecule has 0 saturated heterocycles. The number of fused-ring (bicyclic) bond motifs is 2. The Bertz CT molecular complexity index is 968. The number of amides is 1. The number of aromatic nitrogens is 2. The Morgan fingerprint density at radius 3 is 2.87 bits per heavy atom. The summed E-state index contributed by atoms with van der Waals surface area (Å²) in [6.45, 7) is 2.03. The topological polar surface area (TPSA) is 46.8 Å². The van der Waals surface area contributed by atoms with Crippen LogP contribution in [0.2, 0.25) is 0 Å². The lowest BCUT2D eigenvalue weighted by Crippen LogP contribution is -2.20. The van der Waals surface area contributed by atoms with Crippen LogP contribution >= 0.6 is 11.3 Å². The average Bonchev–Trinajstić information content (AvgIpc) is 3.14. The molecule has 0 fully saturated rings. The molecular formula is C17H15N3O2S. The third-order valence-electron chi connectivity index (χ3n) is 4.01. The van der Waals surface area contributed by atoms with Gasteiger partial charge in [0.2, 0.25) is 5.88 Å². The van der Waals surface area contributed by atoms with Crippen molar-refractivity contribution in [3.05, 3.63) is 46.6 Å². The minimum atomic E-state index is -0.0184. The van der Waals surface area contributed by atoms with E-state index in [4.69, 9.17) is 4.74 Å². The maximum Gasteiger partial charge on any atom is 0.258 e. The Morgan fingerprint density at radius 1 is 1.30 bits per heavy atom. The first-order valence-corrected chi connectivity index (χ1v) is 8.03. The molecule has 0 unspecified atom stereocenters. The lowest BCUT2D eigenvalue weighted by atomic mass is 10.1. The number of aryl methyl sites for hydroxylation is 1. The van der Waals surface area contributed by atoms with Crippen LogP contribution in [0.5, 0.6) is 5.88 Å². The molecule has 1 aliphatic rings. The number of carbonyl (C=O) groups is 1. The largest absolute Gasteiger partial charge is 0.479 e. The number of hydrogen-bond donors (Lipinski definition) is 0. The molecule has 0 atom stereocenters. The molecule has 23 heavy (non-hydrogen) atoms. The first kappa shape index (κ1) is 14.0. The minimum Gasteiger partial charge on any atom is -0.479 e. The van der Waals surface area contributed by atoms with E-state index < -0.39 is 0 Å². The molecule has 2 aromatic heterocycles. The molecule has 1 aromatic carbocycles. The molecule has 1 amide bonds. The van der Waals surface area contributed by atoms with Gasteiger partial charge >= 0.3 is 0 Å². The third-order valence-corrected chi connectivity index (χ3v) is 4.91. The molecule has 0 N–H and O–H groups in total. The van der Waals surface area contributed by atoms with Crippen LogP contribution in [0, 0.1) is 6.92 Å². The zero-order valence-corrected chi connectivity index (χ0v) is 13.8. The molecular weight excluding hydrogens is 310 g/mol. The van der Waals surface area contributed by atoms with Gasteiger partial charge in [-0.15, -0.1) is 11.3 Å². The molecule has 5 nitrogen and oxygen atoms in total. The number of nitrogens with zero attached hydrogens (tertiary/aromatic N) is 3. The fraction of sp³-hybridized carbons (Fsp3) is 0.176. The second kappa shape index (κ2) is 4.96. The zero-order valence-electron chi connectivity index (χ0n) is 13.0. The number of hydrogen-bond acceptors (Lipinski definition) is 4. The fourth-order valence-corrected chi connectivity index (χ4v) is 3.73. The van der Waals surface area contributed by atoms with Crippen LogP contribution in [0.25, 0.3) is 16.6 Å². The zero-order chi connectivity index (χ0) is 16.1. The number of carbonyl (C=O) groups excluding carboxylic acids is 1. The van der Waals surface area contributed by atoms with E-state index in [-0.39, 0.29) is 5.91 Å². The van der Waals surface area contributed by atoms with Crippen molar-refractivity contribution in [2.45, 2.75) is 6.92 Å². The van der Waals surface area contributed by atoms with Gasteiger partial charge in [-0.25, -0.2) is 0 Å². The van der Waals surface area contributed by atoms with Gasteiger partial charge in [0.1, 0.15) is 5.69 Å². The molecule has 0 spiro atoms. The summed E-state index contributed by atoms with van der Waals surface area (Å²) in [5.74, 6) is 0.513. The van der Waals surface area contributed by atoms with E-state index in [1.54, 1.807) is 30.4 Å². The van der Waals surface area contributed by atoms with Gasteiger partial charge < -0.3 is 9.64 Å². The van der Waals surface area contributed by atoms with Crippen molar-refractivity contribution >= 4 is 39.5 Å². The predicted molar refractivity (Wildman–Crippen MR) is 92.1 cm³/mol. The van der Waals surface area contributed by atoms with Crippen LogP contribution in [-0.4, -0.2) is 29.4 Å². The van der Waals surface area contributed by atoms with Crippen LogP contribution in [0.4, 0.5) is 5.69 Å². The molecule has 6 heteroatoms. The molecule has 3 heterocycles. The summed E-state index contributed by atoms with van der Waals surface area (Å²) in [6, 6.07) is 7.79. The monoisotopic (exact) mass is 325 g/mol. The molecule has 3 aromatic rings. The summed E-state index contributed by atoms with van der Waals surface area (Å²) in [5, 5.41) is 0. The van der Waals surface area contributed by atoms with Crippen molar-refractivity contribution in [3.63, 3.8) is 0 Å². The highest BCUT2D eigenvalue weighted by atomic mass is 32.1. The van der Waals surface area contributed by atoms with Gasteiger partial charge in [0, 0.05) is 23.7 Å². The summed E-state index contributed by atoms with van der Waals surface area (Å²) in [6.07, 6.45) is 3.88. The Morgan fingerprint density at radius 2 is 2.09 bits per heavy atom. The number of benzene rings is 1. The SMILES string of the molecule is COc1nc2sc(C)cn2c1C=C1C(=O)N(C)c2ccccc21.